The lowest BCUT2D eigenvalue weighted by Gasteiger charge is -2.30. The summed E-state index contributed by atoms with van der Waals surface area (Å²) in [5.41, 5.74) is 0.559. The van der Waals surface area contributed by atoms with Crippen LogP contribution in [0.5, 0.6) is 5.75 Å². The largest absolute Gasteiger partial charge is 0.435 e. The fourth-order valence-electron chi connectivity index (χ4n) is 4.18. The fourth-order valence-corrected chi connectivity index (χ4v) is 5.48. The van der Waals surface area contributed by atoms with E-state index in [9.17, 15) is 21.6 Å². The molecule has 33 heavy (non-hydrogen) atoms. The molecular formula is C22H23F3N4O3S. The Kier molecular flexibility index (Phi) is 6.71. The number of nitrogens with one attached hydrogen (secondary N) is 1. The van der Waals surface area contributed by atoms with Crippen LogP contribution in [0.1, 0.15) is 37.5 Å². The van der Waals surface area contributed by atoms with E-state index in [0.29, 0.717) is 18.4 Å². The minimum Gasteiger partial charge on any atom is -0.435 e. The van der Waals surface area contributed by atoms with Crippen molar-refractivity contribution in [1.82, 2.24) is 19.5 Å². The van der Waals surface area contributed by atoms with Crippen LogP contribution in [0.15, 0.2) is 53.7 Å². The SMILES string of the molecule is Cc1nncn1[C@@H]1CCC[C@H](NS(=O)(=O)c2ccc(-c3ccc(OC(F)F)cc3)c(F)c2)C1. The highest BCUT2D eigenvalue weighted by atomic mass is 32.2. The predicted molar refractivity (Wildman–Crippen MR) is 115 cm³/mol. The zero-order valence-corrected chi connectivity index (χ0v) is 18.6. The van der Waals surface area contributed by atoms with Crippen LogP contribution < -0.4 is 9.46 Å². The first-order chi connectivity index (χ1) is 15.7. The van der Waals surface area contributed by atoms with Gasteiger partial charge in [-0.3, -0.25) is 0 Å². The zero-order chi connectivity index (χ0) is 23.6. The van der Waals surface area contributed by atoms with Crippen LogP contribution in [-0.4, -0.2) is 35.8 Å². The Balaban J connectivity index is 1.48. The molecule has 0 spiro atoms. The van der Waals surface area contributed by atoms with E-state index in [4.69, 9.17) is 0 Å². The molecule has 1 fully saturated rings. The van der Waals surface area contributed by atoms with Crippen molar-refractivity contribution in [3.05, 3.63) is 60.4 Å². The van der Waals surface area contributed by atoms with E-state index < -0.39 is 22.5 Å². The summed E-state index contributed by atoms with van der Waals surface area (Å²) in [6.07, 6.45) is 4.67. The van der Waals surface area contributed by atoms with Gasteiger partial charge in [-0.15, -0.1) is 10.2 Å². The number of alkyl halides is 2. The Bertz CT molecular complexity index is 1220. The maximum Gasteiger partial charge on any atom is 0.387 e. The summed E-state index contributed by atoms with van der Waals surface area (Å²) in [5, 5.41) is 7.89. The second-order valence-electron chi connectivity index (χ2n) is 7.97. The maximum atomic E-state index is 14.8. The van der Waals surface area contributed by atoms with E-state index in [0.717, 1.165) is 24.7 Å². The summed E-state index contributed by atoms with van der Waals surface area (Å²) in [6, 6.07) is 8.90. The average Bonchev–Trinajstić information content (AvgIpc) is 3.20. The molecule has 0 unspecified atom stereocenters. The summed E-state index contributed by atoms with van der Waals surface area (Å²) in [4.78, 5) is -0.177. The number of rotatable bonds is 7. The molecule has 7 nitrogen and oxygen atoms in total. The fraction of sp³-hybridized carbons (Fsp3) is 0.364. The molecule has 1 saturated carbocycles. The van der Waals surface area contributed by atoms with Gasteiger partial charge in [0.25, 0.3) is 0 Å². The molecule has 0 bridgehead atoms. The van der Waals surface area contributed by atoms with Crippen LogP contribution in [0.2, 0.25) is 0 Å². The highest BCUT2D eigenvalue weighted by molar-refractivity contribution is 7.89. The number of hydrogen-bond donors (Lipinski definition) is 1. The van der Waals surface area contributed by atoms with Crippen LogP contribution in [-0.2, 0) is 10.0 Å². The van der Waals surface area contributed by atoms with Crippen LogP contribution in [0.4, 0.5) is 13.2 Å². The van der Waals surface area contributed by atoms with Crippen molar-refractivity contribution in [3.63, 3.8) is 0 Å². The molecule has 3 aromatic rings. The van der Waals surface area contributed by atoms with Crippen molar-refractivity contribution in [2.24, 2.45) is 0 Å². The Morgan fingerprint density at radius 1 is 1.15 bits per heavy atom. The van der Waals surface area contributed by atoms with Crippen molar-refractivity contribution < 1.29 is 26.3 Å². The molecule has 0 radical (unpaired) electrons. The molecule has 11 heteroatoms. The molecule has 176 valence electrons. The van der Waals surface area contributed by atoms with E-state index in [1.807, 2.05) is 11.5 Å². The Labute approximate surface area is 189 Å². The lowest BCUT2D eigenvalue weighted by Crippen LogP contribution is -2.39. The lowest BCUT2D eigenvalue weighted by atomic mass is 9.91. The molecule has 1 aliphatic carbocycles. The summed E-state index contributed by atoms with van der Waals surface area (Å²) in [5.74, 6) is -0.0120. The molecule has 1 heterocycles. The first-order valence-corrected chi connectivity index (χ1v) is 11.9. The average molecular weight is 481 g/mol. The number of aromatic nitrogens is 3. The van der Waals surface area contributed by atoms with Crippen molar-refractivity contribution in [1.29, 1.82) is 0 Å². The topological polar surface area (TPSA) is 86.1 Å². The standard InChI is InChI=1S/C22H23F3N4O3S/c1-14-27-26-13-29(14)17-4-2-3-16(11-17)28-33(30,31)19-9-10-20(21(23)12-19)15-5-7-18(8-6-15)32-22(24)25/h5-10,12-13,16-17,22,28H,2-4,11H2,1H3/t16-,17+/m0/s1. The van der Waals surface area contributed by atoms with Crippen molar-refractivity contribution >= 4 is 10.0 Å². The summed E-state index contributed by atoms with van der Waals surface area (Å²) in [6.45, 7) is -1.10. The molecule has 0 aliphatic heterocycles. The predicted octanol–water partition coefficient (Wildman–Crippen LogP) is 4.46. The number of ether oxygens (including phenoxy) is 1. The summed E-state index contributed by atoms with van der Waals surface area (Å²) >= 11 is 0. The van der Waals surface area contributed by atoms with Crippen molar-refractivity contribution in [2.45, 2.75) is 56.2 Å². The van der Waals surface area contributed by atoms with Gasteiger partial charge >= 0.3 is 6.61 Å². The normalized spacial score (nSPS) is 19.1. The van der Waals surface area contributed by atoms with Crippen LogP contribution >= 0.6 is 0 Å². The summed E-state index contributed by atoms with van der Waals surface area (Å²) < 4.78 is 74.1. The van der Waals surface area contributed by atoms with Gasteiger partial charge in [-0.2, -0.15) is 8.78 Å². The Morgan fingerprint density at radius 2 is 1.91 bits per heavy atom. The first kappa shape index (κ1) is 23.2. The molecule has 0 amide bonds. The number of hydrogen-bond acceptors (Lipinski definition) is 5. The Morgan fingerprint density at radius 3 is 2.55 bits per heavy atom. The summed E-state index contributed by atoms with van der Waals surface area (Å²) in [7, 11) is -3.94. The van der Waals surface area contributed by atoms with E-state index >= 15 is 0 Å². The number of sulfonamides is 1. The second-order valence-corrected chi connectivity index (χ2v) is 9.68. The first-order valence-electron chi connectivity index (χ1n) is 10.5. The minimum atomic E-state index is -3.94. The van der Waals surface area contributed by atoms with Gasteiger partial charge in [-0.25, -0.2) is 17.5 Å². The maximum absolute atomic E-state index is 14.8. The number of halogens is 3. The molecule has 0 saturated heterocycles. The Hall–Kier alpha value is -2.92. The number of nitrogens with zero attached hydrogens (tertiary/aromatic N) is 3. The van der Waals surface area contributed by atoms with Gasteiger partial charge in [0.15, 0.2) is 0 Å². The molecule has 4 rings (SSSR count). The van der Waals surface area contributed by atoms with Gasteiger partial charge in [0.05, 0.1) is 4.90 Å². The highest BCUT2D eigenvalue weighted by Crippen LogP contribution is 2.31. The van der Waals surface area contributed by atoms with Gasteiger partial charge in [-0.05, 0) is 62.4 Å². The monoisotopic (exact) mass is 480 g/mol. The third-order valence-electron chi connectivity index (χ3n) is 5.76. The van der Waals surface area contributed by atoms with E-state index in [1.165, 1.54) is 36.4 Å². The van der Waals surface area contributed by atoms with Crippen LogP contribution in [0, 0.1) is 12.7 Å². The van der Waals surface area contributed by atoms with E-state index in [2.05, 4.69) is 19.7 Å². The van der Waals surface area contributed by atoms with Crippen LogP contribution in [0.3, 0.4) is 0 Å². The van der Waals surface area contributed by atoms with Gasteiger partial charge in [0.2, 0.25) is 10.0 Å². The molecule has 2 aromatic carbocycles. The van der Waals surface area contributed by atoms with Gasteiger partial charge in [0.1, 0.15) is 23.7 Å². The zero-order valence-electron chi connectivity index (χ0n) is 17.8. The third-order valence-corrected chi connectivity index (χ3v) is 7.27. The number of benzene rings is 2. The van der Waals surface area contributed by atoms with Gasteiger partial charge in [-0.1, -0.05) is 18.2 Å². The van der Waals surface area contributed by atoms with E-state index in [-0.39, 0.29) is 28.3 Å². The number of aryl methyl sites for hydroxylation is 1. The smallest absolute Gasteiger partial charge is 0.387 e. The van der Waals surface area contributed by atoms with Crippen LogP contribution in [0.25, 0.3) is 11.1 Å². The third kappa shape index (κ3) is 5.36. The van der Waals surface area contributed by atoms with Crippen molar-refractivity contribution in [3.8, 4) is 16.9 Å². The van der Waals surface area contributed by atoms with E-state index in [1.54, 1.807) is 6.33 Å². The minimum absolute atomic E-state index is 0.0509. The quantitative estimate of drug-likeness (QED) is 0.540. The molecule has 2 atom stereocenters. The molecule has 1 aromatic heterocycles. The molecular weight excluding hydrogens is 457 g/mol. The van der Waals surface area contributed by atoms with Crippen molar-refractivity contribution in [2.75, 3.05) is 0 Å². The lowest BCUT2D eigenvalue weighted by molar-refractivity contribution is -0.0498. The highest BCUT2D eigenvalue weighted by Gasteiger charge is 2.28. The van der Waals surface area contributed by atoms with Gasteiger partial charge < -0.3 is 9.30 Å². The molecule has 1 N–H and O–H groups in total. The molecule has 1 aliphatic rings. The van der Waals surface area contributed by atoms with Gasteiger partial charge in [0, 0.05) is 17.6 Å². The second kappa shape index (κ2) is 9.52.